The largest absolute Gasteiger partial charge is 0.497 e. The van der Waals surface area contributed by atoms with E-state index in [4.69, 9.17) is 4.74 Å². The first-order chi connectivity index (χ1) is 10.5. The van der Waals surface area contributed by atoms with E-state index >= 15 is 0 Å². The average molecular weight is 339 g/mol. The summed E-state index contributed by atoms with van der Waals surface area (Å²) in [6.07, 6.45) is 0. The van der Waals surface area contributed by atoms with Crippen LogP contribution in [0.5, 0.6) is 5.75 Å². The highest BCUT2D eigenvalue weighted by molar-refractivity contribution is 7.91. The van der Waals surface area contributed by atoms with E-state index in [0.29, 0.717) is 5.13 Å². The fourth-order valence-corrected chi connectivity index (χ4v) is 5.89. The van der Waals surface area contributed by atoms with Crippen molar-refractivity contribution >= 4 is 42.6 Å². The maximum absolute atomic E-state index is 12.2. The van der Waals surface area contributed by atoms with Crippen LogP contribution in [0.15, 0.2) is 18.2 Å². The van der Waals surface area contributed by atoms with Gasteiger partial charge in [-0.25, -0.2) is 18.2 Å². The minimum absolute atomic E-state index is 0.00136. The van der Waals surface area contributed by atoms with Gasteiger partial charge in [0.15, 0.2) is 15.0 Å². The number of carbonyl (C=O) groups is 1. The molecule has 1 aromatic heterocycles. The lowest BCUT2D eigenvalue weighted by Crippen LogP contribution is -2.36. The van der Waals surface area contributed by atoms with Gasteiger partial charge in [0, 0.05) is 0 Å². The standard InChI is InChI=1S/C13H13N3O4S2/c1-20-7-2-3-8-11(4-7)21-13(15-8)16-10-6-22(18,19)5-9(10)14-12(16)17/h2-4,9-10H,5-6H2,1H3,(H,14,17). The highest BCUT2D eigenvalue weighted by atomic mass is 32.2. The number of hydrogen-bond acceptors (Lipinski definition) is 6. The highest BCUT2D eigenvalue weighted by Gasteiger charge is 2.50. The van der Waals surface area contributed by atoms with Crippen LogP contribution >= 0.6 is 11.3 Å². The van der Waals surface area contributed by atoms with Gasteiger partial charge >= 0.3 is 6.03 Å². The number of urea groups is 1. The molecule has 2 aromatic rings. The number of anilines is 1. The second-order valence-corrected chi connectivity index (χ2v) is 8.56. The molecule has 2 aliphatic rings. The van der Waals surface area contributed by atoms with Crippen molar-refractivity contribution in [1.29, 1.82) is 0 Å². The number of hydrogen-bond donors (Lipinski definition) is 1. The van der Waals surface area contributed by atoms with Gasteiger partial charge in [-0.1, -0.05) is 11.3 Å². The number of sulfone groups is 1. The molecule has 4 rings (SSSR count). The number of thiazole rings is 1. The summed E-state index contributed by atoms with van der Waals surface area (Å²) in [5.41, 5.74) is 0.762. The molecule has 2 aliphatic heterocycles. The van der Waals surface area contributed by atoms with Gasteiger partial charge in [-0.05, 0) is 18.2 Å². The van der Waals surface area contributed by atoms with Crippen molar-refractivity contribution in [3.05, 3.63) is 18.2 Å². The SMILES string of the molecule is COc1ccc2nc(N3C(=O)NC4CS(=O)(=O)CC43)sc2c1. The van der Waals surface area contributed by atoms with Crippen LogP contribution in [0.25, 0.3) is 10.2 Å². The molecule has 22 heavy (non-hydrogen) atoms. The summed E-state index contributed by atoms with van der Waals surface area (Å²) in [7, 11) is -1.52. The van der Waals surface area contributed by atoms with Crippen molar-refractivity contribution < 1.29 is 17.9 Å². The maximum atomic E-state index is 12.2. The van der Waals surface area contributed by atoms with E-state index in [1.807, 2.05) is 12.1 Å². The lowest BCUT2D eigenvalue weighted by molar-refractivity contribution is 0.251. The monoisotopic (exact) mass is 339 g/mol. The number of ether oxygens (including phenoxy) is 1. The Labute approximate surface area is 130 Å². The smallest absolute Gasteiger partial charge is 0.324 e. The molecule has 2 amide bonds. The normalized spacial score (nSPS) is 26.2. The van der Waals surface area contributed by atoms with Crippen LogP contribution in [0.4, 0.5) is 9.93 Å². The van der Waals surface area contributed by atoms with Gasteiger partial charge in [0.05, 0.1) is 40.9 Å². The third kappa shape index (κ3) is 2.03. The molecule has 7 nitrogen and oxygen atoms in total. The molecule has 1 N–H and O–H groups in total. The van der Waals surface area contributed by atoms with Gasteiger partial charge < -0.3 is 10.1 Å². The van der Waals surface area contributed by atoms with Gasteiger partial charge in [-0.3, -0.25) is 4.90 Å². The molecule has 0 spiro atoms. The molecular formula is C13H13N3O4S2. The van der Waals surface area contributed by atoms with Crippen molar-refractivity contribution in [3.8, 4) is 5.75 Å². The van der Waals surface area contributed by atoms with Gasteiger partial charge in [0.2, 0.25) is 0 Å². The molecular weight excluding hydrogens is 326 g/mol. The fourth-order valence-electron chi connectivity index (χ4n) is 2.95. The van der Waals surface area contributed by atoms with Crippen LogP contribution in [0.3, 0.4) is 0 Å². The van der Waals surface area contributed by atoms with Crippen molar-refractivity contribution in [2.24, 2.45) is 0 Å². The van der Waals surface area contributed by atoms with E-state index in [0.717, 1.165) is 16.0 Å². The number of nitrogens with one attached hydrogen (secondary N) is 1. The predicted molar refractivity (Wildman–Crippen MR) is 83.4 cm³/mol. The first-order valence-electron chi connectivity index (χ1n) is 6.71. The second kappa shape index (κ2) is 4.56. The highest BCUT2D eigenvalue weighted by Crippen LogP contribution is 2.36. The second-order valence-electron chi connectivity index (χ2n) is 5.40. The van der Waals surface area contributed by atoms with E-state index in [2.05, 4.69) is 10.3 Å². The van der Waals surface area contributed by atoms with E-state index in [-0.39, 0.29) is 29.6 Å². The third-order valence-corrected chi connectivity index (χ3v) is 6.71. The zero-order chi connectivity index (χ0) is 15.5. The summed E-state index contributed by atoms with van der Waals surface area (Å²) in [5, 5.41) is 3.26. The number of amides is 2. The van der Waals surface area contributed by atoms with E-state index < -0.39 is 9.84 Å². The minimum Gasteiger partial charge on any atom is -0.497 e. The summed E-state index contributed by atoms with van der Waals surface area (Å²) >= 11 is 1.36. The first kappa shape index (κ1) is 13.8. The van der Waals surface area contributed by atoms with Crippen LogP contribution in [0.1, 0.15) is 0 Å². The van der Waals surface area contributed by atoms with Crippen LogP contribution in [-0.4, -0.2) is 50.1 Å². The molecule has 3 heterocycles. The van der Waals surface area contributed by atoms with Crippen LogP contribution < -0.4 is 15.0 Å². The Morgan fingerprint density at radius 1 is 1.41 bits per heavy atom. The van der Waals surface area contributed by atoms with Crippen LogP contribution in [0, 0.1) is 0 Å². The van der Waals surface area contributed by atoms with Crippen molar-refractivity contribution in [1.82, 2.24) is 10.3 Å². The number of aromatic nitrogens is 1. The third-order valence-electron chi connectivity index (χ3n) is 3.97. The van der Waals surface area contributed by atoms with Gasteiger partial charge in [0.1, 0.15) is 5.75 Å². The Balaban J connectivity index is 1.76. The Morgan fingerprint density at radius 3 is 3.00 bits per heavy atom. The molecule has 1 aromatic carbocycles. The van der Waals surface area contributed by atoms with Gasteiger partial charge in [-0.2, -0.15) is 0 Å². The molecule has 2 atom stereocenters. The lowest BCUT2D eigenvalue weighted by atomic mass is 10.2. The molecule has 116 valence electrons. The summed E-state index contributed by atoms with van der Waals surface area (Å²) in [6, 6.07) is 4.48. The maximum Gasteiger partial charge on any atom is 0.324 e. The topological polar surface area (TPSA) is 88.6 Å². The minimum atomic E-state index is -3.11. The summed E-state index contributed by atoms with van der Waals surface area (Å²) < 4.78 is 29.6. The quantitative estimate of drug-likeness (QED) is 0.825. The molecule has 0 saturated carbocycles. The molecule has 9 heteroatoms. The predicted octanol–water partition coefficient (Wildman–Crippen LogP) is 1.00. The molecule has 2 saturated heterocycles. The fraction of sp³-hybridized carbons (Fsp3) is 0.385. The number of rotatable bonds is 2. The number of benzene rings is 1. The van der Waals surface area contributed by atoms with Crippen molar-refractivity contribution in [3.63, 3.8) is 0 Å². The molecule has 0 bridgehead atoms. The zero-order valence-electron chi connectivity index (χ0n) is 11.6. The Morgan fingerprint density at radius 2 is 2.23 bits per heavy atom. The van der Waals surface area contributed by atoms with Crippen LogP contribution in [-0.2, 0) is 9.84 Å². The summed E-state index contributed by atoms with van der Waals surface area (Å²) in [4.78, 5) is 18.1. The molecule has 2 unspecified atom stereocenters. The summed E-state index contributed by atoms with van der Waals surface area (Å²) in [6.45, 7) is 0. The Bertz CT molecular complexity index is 877. The van der Waals surface area contributed by atoms with Gasteiger partial charge in [0.25, 0.3) is 0 Å². The summed E-state index contributed by atoms with van der Waals surface area (Å²) in [5.74, 6) is 0.698. The van der Waals surface area contributed by atoms with Crippen molar-refractivity contribution in [2.45, 2.75) is 12.1 Å². The van der Waals surface area contributed by atoms with E-state index in [1.165, 1.54) is 16.2 Å². The van der Waals surface area contributed by atoms with E-state index in [9.17, 15) is 13.2 Å². The Hall–Kier alpha value is -1.87. The van der Waals surface area contributed by atoms with Crippen LogP contribution in [0.2, 0.25) is 0 Å². The first-order valence-corrected chi connectivity index (χ1v) is 9.35. The Kier molecular flexibility index (Phi) is 2.85. The average Bonchev–Trinajstić information content (AvgIpc) is 3.06. The molecule has 0 aliphatic carbocycles. The van der Waals surface area contributed by atoms with Gasteiger partial charge in [-0.15, -0.1) is 0 Å². The number of nitrogens with zero attached hydrogens (tertiary/aromatic N) is 2. The molecule has 0 radical (unpaired) electrons. The number of carbonyl (C=O) groups excluding carboxylic acids is 1. The lowest BCUT2D eigenvalue weighted by Gasteiger charge is -2.17. The zero-order valence-corrected chi connectivity index (χ0v) is 13.3. The van der Waals surface area contributed by atoms with Crippen molar-refractivity contribution in [2.75, 3.05) is 23.5 Å². The number of methoxy groups -OCH3 is 1. The van der Waals surface area contributed by atoms with E-state index in [1.54, 1.807) is 13.2 Å². The number of fused-ring (bicyclic) bond motifs is 2. The molecule has 2 fully saturated rings.